The van der Waals surface area contributed by atoms with E-state index in [9.17, 15) is 9.18 Å². The zero-order valence-electron chi connectivity index (χ0n) is 11.1. The second-order valence-corrected chi connectivity index (χ2v) is 5.21. The lowest BCUT2D eigenvalue weighted by Gasteiger charge is -2.18. The van der Waals surface area contributed by atoms with Crippen molar-refractivity contribution in [2.24, 2.45) is 5.92 Å². The number of halogens is 1. The first-order valence-corrected chi connectivity index (χ1v) is 6.85. The van der Waals surface area contributed by atoms with Crippen LogP contribution in [-0.2, 0) is 0 Å². The van der Waals surface area contributed by atoms with Crippen LogP contribution in [0.1, 0.15) is 34.8 Å². The Kier molecular flexibility index (Phi) is 3.50. The van der Waals surface area contributed by atoms with Crippen LogP contribution in [-0.4, -0.2) is 5.91 Å². The maximum atomic E-state index is 12.9. The van der Waals surface area contributed by atoms with Crippen molar-refractivity contribution in [1.29, 1.82) is 0 Å². The standard InChI is InChI=1S/C17H16FNO/c18-15-10-8-14(9-11-15)17(20)19-16(13-6-7-13)12-4-2-1-3-5-12/h1-5,8-11,13,16H,6-7H2,(H,19,20)/t16-/m0/s1. The molecule has 0 saturated heterocycles. The van der Waals surface area contributed by atoms with Gasteiger partial charge in [-0.3, -0.25) is 4.79 Å². The van der Waals surface area contributed by atoms with Crippen molar-refractivity contribution >= 4 is 5.91 Å². The molecule has 1 N–H and O–H groups in total. The molecular weight excluding hydrogens is 253 g/mol. The van der Waals surface area contributed by atoms with E-state index in [1.165, 1.54) is 24.3 Å². The first-order valence-electron chi connectivity index (χ1n) is 6.85. The first kappa shape index (κ1) is 12.9. The van der Waals surface area contributed by atoms with Crippen LogP contribution < -0.4 is 5.32 Å². The Morgan fingerprint density at radius 3 is 2.30 bits per heavy atom. The summed E-state index contributed by atoms with van der Waals surface area (Å²) in [7, 11) is 0. The molecule has 0 bridgehead atoms. The summed E-state index contributed by atoms with van der Waals surface area (Å²) in [6.07, 6.45) is 2.28. The van der Waals surface area contributed by atoms with Crippen LogP contribution in [0.4, 0.5) is 4.39 Å². The van der Waals surface area contributed by atoms with Crippen LogP contribution in [0.25, 0.3) is 0 Å². The third kappa shape index (κ3) is 2.87. The second-order valence-electron chi connectivity index (χ2n) is 5.21. The van der Waals surface area contributed by atoms with E-state index in [1.54, 1.807) is 0 Å². The highest BCUT2D eigenvalue weighted by atomic mass is 19.1. The van der Waals surface area contributed by atoms with Crippen LogP contribution >= 0.6 is 0 Å². The molecule has 1 aliphatic carbocycles. The monoisotopic (exact) mass is 269 g/mol. The molecule has 1 atom stereocenters. The number of rotatable bonds is 4. The molecule has 0 aliphatic heterocycles. The number of nitrogens with one attached hydrogen (secondary N) is 1. The van der Waals surface area contributed by atoms with E-state index in [0.717, 1.165) is 18.4 Å². The van der Waals surface area contributed by atoms with E-state index < -0.39 is 0 Å². The number of carbonyl (C=O) groups is 1. The highest BCUT2D eigenvalue weighted by Crippen LogP contribution is 2.41. The van der Waals surface area contributed by atoms with E-state index in [1.807, 2.05) is 30.3 Å². The number of benzene rings is 2. The van der Waals surface area contributed by atoms with Gasteiger partial charge in [-0.1, -0.05) is 30.3 Å². The largest absolute Gasteiger partial charge is 0.345 e. The van der Waals surface area contributed by atoms with E-state index in [2.05, 4.69) is 5.32 Å². The fourth-order valence-corrected chi connectivity index (χ4v) is 2.39. The lowest BCUT2D eigenvalue weighted by molar-refractivity contribution is 0.0931. The Bertz CT molecular complexity index is 590. The summed E-state index contributed by atoms with van der Waals surface area (Å²) >= 11 is 0. The van der Waals surface area contributed by atoms with Gasteiger partial charge in [-0.2, -0.15) is 0 Å². The third-order valence-corrected chi connectivity index (χ3v) is 3.65. The highest BCUT2D eigenvalue weighted by Gasteiger charge is 2.33. The van der Waals surface area contributed by atoms with Crippen LogP contribution in [0.15, 0.2) is 54.6 Å². The van der Waals surface area contributed by atoms with Crippen LogP contribution in [0.3, 0.4) is 0 Å². The summed E-state index contributed by atoms with van der Waals surface area (Å²) in [6, 6.07) is 15.7. The average Bonchev–Trinajstić information content (AvgIpc) is 3.31. The van der Waals surface area contributed by atoms with Crippen LogP contribution in [0, 0.1) is 11.7 Å². The molecule has 1 amide bonds. The van der Waals surface area contributed by atoms with Crippen molar-refractivity contribution in [2.45, 2.75) is 18.9 Å². The van der Waals surface area contributed by atoms with Gasteiger partial charge >= 0.3 is 0 Å². The summed E-state index contributed by atoms with van der Waals surface area (Å²) in [5.41, 5.74) is 1.62. The van der Waals surface area contributed by atoms with Crippen LogP contribution in [0.2, 0.25) is 0 Å². The van der Waals surface area contributed by atoms with Gasteiger partial charge in [-0.05, 0) is 48.6 Å². The molecule has 1 fully saturated rings. The lowest BCUT2D eigenvalue weighted by Crippen LogP contribution is -2.29. The predicted molar refractivity (Wildman–Crippen MR) is 75.8 cm³/mol. The van der Waals surface area contributed by atoms with E-state index >= 15 is 0 Å². The third-order valence-electron chi connectivity index (χ3n) is 3.65. The Hall–Kier alpha value is -2.16. The quantitative estimate of drug-likeness (QED) is 0.900. The van der Waals surface area contributed by atoms with E-state index in [0.29, 0.717) is 11.5 Å². The number of hydrogen-bond donors (Lipinski definition) is 1. The van der Waals surface area contributed by atoms with Gasteiger partial charge in [0.1, 0.15) is 5.82 Å². The summed E-state index contributed by atoms with van der Waals surface area (Å²) in [5.74, 6) is 0.0379. The van der Waals surface area contributed by atoms with Crippen molar-refractivity contribution in [3.8, 4) is 0 Å². The molecule has 3 heteroatoms. The molecule has 2 aromatic carbocycles. The highest BCUT2D eigenvalue weighted by molar-refractivity contribution is 5.94. The molecule has 3 rings (SSSR count). The van der Waals surface area contributed by atoms with Crippen LogP contribution in [0.5, 0.6) is 0 Å². The van der Waals surface area contributed by atoms with Crippen molar-refractivity contribution in [3.05, 3.63) is 71.5 Å². The number of carbonyl (C=O) groups excluding carboxylic acids is 1. The van der Waals surface area contributed by atoms with Gasteiger partial charge in [-0.25, -0.2) is 4.39 Å². The fraction of sp³-hybridized carbons (Fsp3) is 0.235. The molecule has 20 heavy (non-hydrogen) atoms. The second kappa shape index (κ2) is 5.45. The smallest absolute Gasteiger partial charge is 0.251 e. The maximum Gasteiger partial charge on any atom is 0.251 e. The maximum absolute atomic E-state index is 12.9. The van der Waals surface area contributed by atoms with E-state index in [4.69, 9.17) is 0 Å². The lowest BCUT2D eigenvalue weighted by atomic mass is 10.0. The topological polar surface area (TPSA) is 29.1 Å². The molecule has 2 aromatic rings. The summed E-state index contributed by atoms with van der Waals surface area (Å²) in [4.78, 5) is 12.2. The van der Waals surface area contributed by atoms with Crippen molar-refractivity contribution < 1.29 is 9.18 Å². The molecule has 0 aromatic heterocycles. The Morgan fingerprint density at radius 1 is 1.05 bits per heavy atom. The first-order chi connectivity index (χ1) is 9.74. The van der Waals surface area contributed by atoms with Crippen molar-refractivity contribution in [2.75, 3.05) is 0 Å². The van der Waals surface area contributed by atoms with Gasteiger partial charge < -0.3 is 5.32 Å². The zero-order chi connectivity index (χ0) is 13.9. The molecule has 0 unspecified atom stereocenters. The van der Waals surface area contributed by atoms with Gasteiger partial charge in [-0.15, -0.1) is 0 Å². The van der Waals surface area contributed by atoms with Gasteiger partial charge in [0.15, 0.2) is 0 Å². The molecule has 2 nitrogen and oxygen atoms in total. The molecule has 1 aliphatic rings. The normalized spacial score (nSPS) is 15.7. The SMILES string of the molecule is O=C(N[C@@H](c1ccccc1)C1CC1)c1ccc(F)cc1. The molecule has 102 valence electrons. The molecule has 0 heterocycles. The fourth-order valence-electron chi connectivity index (χ4n) is 2.39. The van der Waals surface area contributed by atoms with Gasteiger partial charge in [0.2, 0.25) is 0 Å². The summed E-state index contributed by atoms with van der Waals surface area (Å²) in [5, 5.41) is 3.07. The number of hydrogen-bond acceptors (Lipinski definition) is 1. The number of amides is 1. The summed E-state index contributed by atoms with van der Waals surface area (Å²) in [6.45, 7) is 0. The predicted octanol–water partition coefficient (Wildman–Crippen LogP) is 3.71. The Morgan fingerprint density at radius 2 is 1.70 bits per heavy atom. The minimum absolute atomic E-state index is 0.0498. The van der Waals surface area contributed by atoms with Crippen molar-refractivity contribution in [1.82, 2.24) is 5.32 Å². The van der Waals surface area contributed by atoms with Crippen molar-refractivity contribution in [3.63, 3.8) is 0 Å². The molecule has 0 spiro atoms. The Balaban J connectivity index is 1.77. The zero-order valence-corrected chi connectivity index (χ0v) is 11.1. The summed E-state index contributed by atoms with van der Waals surface area (Å²) < 4.78 is 12.9. The Labute approximate surface area is 117 Å². The van der Waals surface area contributed by atoms with E-state index in [-0.39, 0.29) is 17.8 Å². The average molecular weight is 269 g/mol. The van der Waals surface area contributed by atoms with Gasteiger partial charge in [0, 0.05) is 5.56 Å². The molecule has 0 radical (unpaired) electrons. The van der Waals surface area contributed by atoms with Gasteiger partial charge in [0.25, 0.3) is 5.91 Å². The minimum atomic E-state index is -0.330. The minimum Gasteiger partial charge on any atom is -0.345 e. The molecule has 1 saturated carbocycles. The van der Waals surface area contributed by atoms with Gasteiger partial charge in [0.05, 0.1) is 6.04 Å². The molecular formula is C17H16FNO.